The number of benzene rings is 1. The van der Waals surface area contributed by atoms with Crippen LogP contribution in [0, 0.1) is 6.92 Å². The van der Waals surface area contributed by atoms with E-state index in [9.17, 15) is 4.79 Å². The molecule has 88 valence electrons. The van der Waals surface area contributed by atoms with Gasteiger partial charge in [0, 0.05) is 18.1 Å². The first-order valence-corrected chi connectivity index (χ1v) is 5.48. The number of pyridine rings is 1. The lowest BCUT2D eigenvalue weighted by molar-refractivity contribution is -0.136. The van der Waals surface area contributed by atoms with Crippen molar-refractivity contribution < 1.29 is 9.90 Å². The zero-order chi connectivity index (χ0) is 12.3. The van der Waals surface area contributed by atoms with Gasteiger partial charge in [0.15, 0.2) is 0 Å². The third kappa shape index (κ3) is 2.72. The zero-order valence-corrected chi connectivity index (χ0v) is 9.60. The van der Waals surface area contributed by atoms with E-state index in [0.717, 1.165) is 16.6 Å². The van der Waals surface area contributed by atoms with Gasteiger partial charge in [0.2, 0.25) is 0 Å². The van der Waals surface area contributed by atoms with Gasteiger partial charge in [-0.2, -0.15) is 0 Å². The monoisotopic (exact) mass is 230 g/mol. The fourth-order valence-corrected chi connectivity index (χ4v) is 1.73. The second kappa shape index (κ2) is 4.82. The van der Waals surface area contributed by atoms with Crippen LogP contribution < -0.4 is 5.32 Å². The number of carboxylic acids is 1. The maximum absolute atomic E-state index is 10.4. The predicted molar refractivity (Wildman–Crippen MR) is 67.2 cm³/mol. The topological polar surface area (TPSA) is 62.2 Å². The Morgan fingerprint density at radius 1 is 1.41 bits per heavy atom. The number of carbonyl (C=O) groups is 1. The molecule has 2 rings (SSSR count). The normalized spacial score (nSPS) is 10.4. The van der Waals surface area contributed by atoms with Crippen LogP contribution in [0.1, 0.15) is 12.0 Å². The summed E-state index contributed by atoms with van der Waals surface area (Å²) in [4.78, 5) is 14.7. The van der Waals surface area contributed by atoms with E-state index < -0.39 is 5.97 Å². The maximum atomic E-state index is 10.4. The van der Waals surface area contributed by atoms with Gasteiger partial charge in [0.1, 0.15) is 5.82 Å². The lowest BCUT2D eigenvalue weighted by Gasteiger charge is -2.07. The number of hydrogen-bond acceptors (Lipinski definition) is 3. The lowest BCUT2D eigenvalue weighted by Crippen LogP contribution is -2.08. The molecule has 0 atom stereocenters. The summed E-state index contributed by atoms with van der Waals surface area (Å²) in [6.07, 6.45) is 1.81. The Labute approximate surface area is 99.3 Å². The third-order valence-corrected chi connectivity index (χ3v) is 2.55. The number of aryl methyl sites for hydroxylation is 1. The van der Waals surface area contributed by atoms with Crippen LogP contribution in [-0.4, -0.2) is 22.6 Å². The van der Waals surface area contributed by atoms with E-state index in [2.05, 4.69) is 16.4 Å². The van der Waals surface area contributed by atoms with Crippen molar-refractivity contribution in [1.82, 2.24) is 4.98 Å². The molecule has 0 unspecified atom stereocenters. The van der Waals surface area contributed by atoms with E-state index >= 15 is 0 Å². The van der Waals surface area contributed by atoms with Crippen molar-refractivity contribution in [2.75, 3.05) is 11.9 Å². The van der Waals surface area contributed by atoms with E-state index in [4.69, 9.17) is 5.11 Å². The van der Waals surface area contributed by atoms with Crippen LogP contribution in [-0.2, 0) is 4.79 Å². The quantitative estimate of drug-likeness (QED) is 0.846. The van der Waals surface area contributed by atoms with Gasteiger partial charge in [-0.1, -0.05) is 23.8 Å². The van der Waals surface area contributed by atoms with Gasteiger partial charge in [-0.3, -0.25) is 4.79 Å². The standard InChI is InChI=1S/C13H14N2O2/c1-9-2-3-11-10(8-9)4-6-14-13(11)15-7-5-12(16)17/h2-4,6,8H,5,7H2,1H3,(H,14,15)(H,16,17). The van der Waals surface area contributed by atoms with Crippen LogP contribution in [0.15, 0.2) is 30.5 Å². The van der Waals surface area contributed by atoms with Crippen LogP contribution in [0.4, 0.5) is 5.82 Å². The predicted octanol–water partition coefficient (Wildman–Crippen LogP) is 2.43. The highest BCUT2D eigenvalue weighted by atomic mass is 16.4. The summed E-state index contributed by atoms with van der Waals surface area (Å²) in [5.41, 5.74) is 1.19. The van der Waals surface area contributed by atoms with Gasteiger partial charge in [-0.25, -0.2) is 4.98 Å². The van der Waals surface area contributed by atoms with E-state index in [1.54, 1.807) is 6.20 Å². The highest BCUT2D eigenvalue weighted by Crippen LogP contribution is 2.21. The molecule has 1 aromatic heterocycles. The highest BCUT2D eigenvalue weighted by Gasteiger charge is 2.03. The Morgan fingerprint density at radius 3 is 3.00 bits per heavy atom. The van der Waals surface area contributed by atoms with E-state index in [-0.39, 0.29) is 6.42 Å². The summed E-state index contributed by atoms with van der Waals surface area (Å²) in [6, 6.07) is 8.05. The number of carboxylic acid groups (broad SMARTS) is 1. The number of nitrogens with zero attached hydrogens (tertiary/aromatic N) is 1. The molecule has 2 N–H and O–H groups in total. The second-order valence-corrected chi connectivity index (χ2v) is 3.95. The molecule has 17 heavy (non-hydrogen) atoms. The number of anilines is 1. The first-order valence-electron chi connectivity index (χ1n) is 5.48. The smallest absolute Gasteiger partial charge is 0.305 e. The Bertz CT molecular complexity index is 552. The fraction of sp³-hybridized carbons (Fsp3) is 0.231. The average Bonchev–Trinajstić information content (AvgIpc) is 2.28. The van der Waals surface area contributed by atoms with Crippen molar-refractivity contribution in [2.45, 2.75) is 13.3 Å². The molecule has 0 bridgehead atoms. The molecule has 4 nitrogen and oxygen atoms in total. The molecule has 0 saturated heterocycles. The van der Waals surface area contributed by atoms with Gasteiger partial charge >= 0.3 is 5.97 Å². The molecule has 1 heterocycles. The molecule has 0 fully saturated rings. The Hall–Kier alpha value is -2.10. The first kappa shape index (κ1) is 11.4. The minimum Gasteiger partial charge on any atom is -0.481 e. The summed E-state index contributed by atoms with van der Waals surface area (Å²) < 4.78 is 0. The summed E-state index contributed by atoms with van der Waals surface area (Å²) >= 11 is 0. The van der Waals surface area contributed by atoms with E-state index in [1.807, 2.05) is 25.1 Å². The number of rotatable bonds is 4. The number of aliphatic carboxylic acids is 1. The van der Waals surface area contributed by atoms with Gasteiger partial charge < -0.3 is 10.4 Å². The van der Waals surface area contributed by atoms with Gasteiger partial charge in [-0.15, -0.1) is 0 Å². The van der Waals surface area contributed by atoms with Crippen LogP contribution >= 0.6 is 0 Å². The molecule has 0 amide bonds. The zero-order valence-electron chi connectivity index (χ0n) is 9.60. The van der Waals surface area contributed by atoms with Crippen molar-refractivity contribution >= 4 is 22.6 Å². The summed E-state index contributed by atoms with van der Waals surface area (Å²) in [7, 11) is 0. The SMILES string of the molecule is Cc1ccc2c(NCCC(=O)O)nccc2c1. The number of fused-ring (bicyclic) bond motifs is 1. The van der Waals surface area contributed by atoms with Crippen molar-refractivity contribution in [2.24, 2.45) is 0 Å². The summed E-state index contributed by atoms with van der Waals surface area (Å²) in [5.74, 6) is -0.0719. The molecule has 0 aliphatic carbocycles. The van der Waals surface area contributed by atoms with Crippen LogP contribution in [0.3, 0.4) is 0 Å². The number of hydrogen-bond donors (Lipinski definition) is 2. The molecule has 1 aromatic carbocycles. The van der Waals surface area contributed by atoms with Gasteiger partial charge in [0.25, 0.3) is 0 Å². The lowest BCUT2D eigenvalue weighted by atomic mass is 10.1. The van der Waals surface area contributed by atoms with Crippen LogP contribution in [0.2, 0.25) is 0 Å². The Morgan fingerprint density at radius 2 is 2.24 bits per heavy atom. The molecular formula is C13H14N2O2. The number of aromatic nitrogens is 1. The van der Waals surface area contributed by atoms with Crippen LogP contribution in [0.25, 0.3) is 10.8 Å². The summed E-state index contributed by atoms with van der Waals surface area (Å²) in [5, 5.41) is 13.8. The van der Waals surface area contributed by atoms with Gasteiger partial charge in [0.05, 0.1) is 6.42 Å². The Balaban J connectivity index is 2.25. The maximum Gasteiger partial charge on any atom is 0.305 e. The minimum absolute atomic E-state index is 0.0872. The second-order valence-electron chi connectivity index (χ2n) is 3.95. The van der Waals surface area contributed by atoms with Crippen molar-refractivity contribution in [3.8, 4) is 0 Å². The largest absolute Gasteiger partial charge is 0.481 e. The molecule has 4 heteroatoms. The van der Waals surface area contributed by atoms with E-state index in [0.29, 0.717) is 6.54 Å². The van der Waals surface area contributed by atoms with E-state index in [1.165, 1.54) is 5.56 Å². The molecule has 0 aliphatic rings. The minimum atomic E-state index is -0.811. The molecule has 0 saturated carbocycles. The average molecular weight is 230 g/mol. The molecule has 0 spiro atoms. The first-order chi connectivity index (χ1) is 8.16. The third-order valence-electron chi connectivity index (χ3n) is 2.55. The van der Waals surface area contributed by atoms with Crippen LogP contribution in [0.5, 0.6) is 0 Å². The molecule has 0 radical (unpaired) electrons. The van der Waals surface area contributed by atoms with Gasteiger partial charge in [-0.05, 0) is 18.4 Å². The number of nitrogens with one attached hydrogen (secondary N) is 1. The highest BCUT2D eigenvalue weighted by molar-refractivity contribution is 5.92. The Kier molecular flexibility index (Phi) is 3.23. The summed E-state index contributed by atoms with van der Waals surface area (Å²) in [6.45, 7) is 2.42. The molecule has 0 aliphatic heterocycles. The molecular weight excluding hydrogens is 216 g/mol. The van der Waals surface area contributed by atoms with Crippen molar-refractivity contribution in [3.05, 3.63) is 36.0 Å². The fourth-order valence-electron chi connectivity index (χ4n) is 1.73. The van der Waals surface area contributed by atoms with Crippen molar-refractivity contribution in [3.63, 3.8) is 0 Å². The van der Waals surface area contributed by atoms with Crippen molar-refractivity contribution in [1.29, 1.82) is 0 Å². The molecule has 2 aromatic rings.